The van der Waals surface area contributed by atoms with Crippen molar-refractivity contribution < 1.29 is 24.5 Å². The number of phenolic OH excluding ortho intramolecular Hbond substituents is 1. The van der Waals surface area contributed by atoms with Gasteiger partial charge < -0.3 is 25.6 Å². The molecule has 3 rings (SSSR count). The Morgan fingerprint density at radius 3 is 2.82 bits per heavy atom. The number of hydrogen-bond donors (Lipinski definition) is 4. The van der Waals surface area contributed by atoms with Gasteiger partial charge in [0.2, 0.25) is 5.91 Å². The van der Waals surface area contributed by atoms with E-state index in [1.54, 1.807) is 6.07 Å². The number of benzene rings is 1. The first-order chi connectivity index (χ1) is 13.4. The maximum absolute atomic E-state index is 12.5. The number of aromatic hydroxyl groups is 1. The first kappa shape index (κ1) is 20.1. The molecule has 1 saturated heterocycles. The summed E-state index contributed by atoms with van der Waals surface area (Å²) in [6, 6.07) is 7.45. The van der Waals surface area contributed by atoms with E-state index in [-0.39, 0.29) is 37.0 Å². The molecule has 0 bridgehead atoms. The number of carbonyl (C=O) groups excluding carboxylic acids is 2. The van der Waals surface area contributed by atoms with Gasteiger partial charge in [-0.05, 0) is 36.8 Å². The average molecular weight is 406 g/mol. The number of amides is 2. The van der Waals surface area contributed by atoms with Gasteiger partial charge in [-0.2, -0.15) is 0 Å². The molecular weight excluding hydrogens is 386 g/mol. The Hall–Kier alpha value is -2.68. The molecule has 0 unspecified atom stereocenters. The molecule has 1 atom stereocenters. The minimum atomic E-state index is -0.817. The van der Waals surface area contributed by atoms with E-state index >= 15 is 0 Å². The highest BCUT2D eigenvalue weighted by Crippen LogP contribution is 2.22. The molecule has 4 N–H and O–H groups in total. The summed E-state index contributed by atoms with van der Waals surface area (Å²) in [5.41, 5.74) is 0.0564. The standard InChI is InChI=1S/C19H20ClN3O5/c20-13-1-2-16(25)12(7-13)8-17(26)22-14-3-5-21-15(9-14)18(27)23-19(10-24)4-6-28-11-19/h1-3,5,7,9,24-25H,4,6,8,10-11H2,(H,23,27)(H,21,22,26)/t19-/m1/s1. The fourth-order valence-electron chi connectivity index (χ4n) is 2.88. The van der Waals surface area contributed by atoms with Crippen LogP contribution in [0.2, 0.25) is 5.02 Å². The van der Waals surface area contributed by atoms with Crippen LogP contribution in [0.3, 0.4) is 0 Å². The van der Waals surface area contributed by atoms with Gasteiger partial charge in [0.05, 0.1) is 25.2 Å². The molecule has 8 nitrogen and oxygen atoms in total. The Labute approximate surface area is 166 Å². The lowest BCUT2D eigenvalue weighted by Gasteiger charge is -2.26. The van der Waals surface area contributed by atoms with E-state index in [1.165, 1.54) is 30.5 Å². The molecule has 28 heavy (non-hydrogen) atoms. The largest absolute Gasteiger partial charge is 0.508 e. The van der Waals surface area contributed by atoms with Crippen LogP contribution in [0.25, 0.3) is 0 Å². The summed E-state index contributed by atoms with van der Waals surface area (Å²) in [4.78, 5) is 28.8. The monoisotopic (exact) mass is 405 g/mol. The topological polar surface area (TPSA) is 121 Å². The summed E-state index contributed by atoms with van der Waals surface area (Å²) in [5, 5.41) is 25.2. The minimum absolute atomic E-state index is 0.0255. The summed E-state index contributed by atoms with van der Waals surface area (Å²) < 4.78 is 5.26. The van der Waals surface area contributed by atoms with Crippen LogP contribution in [-0.4, -0.2) is 52.4 Å². The summed E-state index contributed by atoms with van der Waals surface area (Å²) in [5.74, 6) is -0.878. The highest BCUT2D eigenvalue weighted by molar-refractivity contribution is 6.30. The van der Waals surface area contributed by atoms with Crippen LogP contribution in [0.15, 0.2) is 36.5 Å². The number of aromatic nitrogens is 1. The van der Waals surface area contributed by atoms with E-state index in [0.717, 1.165) is 0 Å². The molecule has 148 valence electrons. The van der Waals surface area contributed by atoms with Gasteiger partial charge in [-0.3, -0.25) is 14.6 Å². The number of anilines is 1. The Morgan fingerprint density at radius 2 is 2.11 bits per heavy atom. The second-order valence-electron chi connectivity index (χ2n) is 6.62. The van der Waals surface area contributed by atoms with Gasteiger partial charge >= 0.3 is 0 Å². The van der Waals surface area contributed by atoms with Crippen molar-refractivity contribution in [2.75, 3.05) is 25.1 Å². The molecule has 2 heterocycles. The van der Waals surface area contributed by atoms with E-state index in [9.17, 15) is 19.8 Å². The van der Waals surface area contributed by atoms with Crippen molar-refractivity contribution in [3.63, 3.8) is 0 Å². The van der Waals surface area contributed by atoms with Crippen LogP contribution in [0.5, 0.6) is 5.75 Å². The van der Waals surface area contributed by atoms with Crippen LogP contribution >= 0.6 is 11.6 Å². The number of carbonyl (C=O) groups is 2. The molecule has 0 aliphatic carbocycles. The number of rotatable bonds is 6. The predicted octanol–water partition coefficient (Wildman–Crippen LogP) is 1.50. The molecule has 2 amide bonds. The molecule has 0 saturated carbocycles. The van der Waals surface area contributed by atoms with Crippen molar-refractivity contribution in [2.45, 2.75) is 18.4 Å². The lowest BCUT2D eigenvalue weighted by atomic mass is 10.00. The number of aliphatic hydroxyl groups is 1. The van der Waals surface area contributed by atoms with Gasteiger partial charge in [-0.1, -0.05) is 11.6 Å². The zero-order chi connectivity index (χ0) is 20.1. The second-order valence-corrected chi connectivity index (χ2v) is 7.06. The molecule has 1 aromatic heterocycles. The van der Waals surface area contributed by atoms with Crippen molar-refractivity contribution in [3.8, 4) is 5.75 Å². The third kappa shape index (κ3) is 4.78. The Morgan fingerprint density at radius 1 is 1.29 bits per heavy atom. The van der Waals surface area contributed by atoms with Crippen molar-refractivity contribution in [3.05, 3.63) is 52.8 Å². The smallest absolute Gasteiger partial charge is 0.270 e. The Bertz CT molecular complexity index is 884. The summed E-state index contributed by atoms with van der Waals surface area (Å²) in [6.45, 7) is 0.452. The fourth-order valence-corrected chi connectivity index (χ4v) is 3.08. The normalized spacial score (nSPS) is 18.6. The van der Waals surface area contributed by atoms with Crippen LogP contribution in [0.4, 0.5) is 5.69 Å². The maximum Gasteiger partial charge on any atom is 0.270 e. The molecule has 2 aromatic rings. The van der Waals surface area contributed by atoms with E-state index in [4.69, 9.17) is 16.3 Å². The zero-order valence-corrected chi connectivity index (χ0v) is 15.7. The van der Waals surface area contributed by atoms with E-state index in [1.807, 2.05) is 0 Å². The van der Waals surface area contributed by atoms with Gasteiger partial charge in [0.15, 0.2) is 0 Å². The number of aliphatic hydroxyl groups excluding tert-OH is 1. The van der Waals surface area contributed by atoms with Gasteiger partial charge in [0.25, 0.3) is 5.91 Å². The van der Waals surface area contributed by atoms with Crippen molar-refractivity contribution in [2.24, 2.45) is 0 Å². The summed E-state index contributed by atoms with van der Waals surface area (Å²) >= 11 is 5.89. The second kappa shape index (κ2) is 8.55. The van der Waals surface area contributed by atoms with Gasteiger partial charge in [-0.25, -0.2) is 0 Å². The number of nitrogens with one attached hydrogen (secondary N) is 2. The average Bonchev–Trinajstić information content (AvgIpc) is 3.14. The van der Waals surface area contributed by atoms with Crippen LogP contribution in [-0.2, 0) is 16.0 Å². The SMILES string of the molecule is O=C(Cc1cc(Cl)ccc1O)Nc1ccnc(C(=O)N[C@@]2(CO)CCOC2)c1. The molecule has 1 aromatic carbocycles. The highest BCUT2D eigenvalue weighted by Gasteiger charge is 2.36. The molecular formula is C19H20ClN3O5. The number of pyridine rings is 1. The summed E-state index contributed by atoms with van der Waals surface area (Å²) in [6.07, 6.45) is 1.83. The lowest BCUT2D eigenvalue weighted by Crippen LogP contribution is -2.52. The number of halogens is 1. The molecule has 0 radical (unpaired) electrons. The molecule has 1 aliphatic heterocycles. The third-order valence-electron chi connectivity index (χ3n) is 4.45. The summed E-state index contributed by atoms with van der Waals surface area (Å²) in [7, 11) is 0. The number of nitrogens with zero attached hydrogens (tertiary/aromatic N) is 1. The first-order valence-corrected chi connectivity index (χ1v) is 9.03. The lowest BCUT2D eigenvalue weighted by molar-refractivity contribution is -0.115. The zero-order valence-electron chi connectivity index (χ0n) is 14.9. The van der Waals surface area contributed by atoms with Gasteiger partial charge in [-0.15, -0.1) is 0 Å². The maximum atomic E-state index is 12.5. The predicted molar refractivity (Wildman–Crippen MR) is 102 cm³/mol. The first-order valence-electron chi connectivity index (χ1n) is 8.65. The van der Waals surface area contributed by atoms with Crippen LogP contribution in [0.1, 0.15) is 22.5 Å². The Kier molecular flexibility index (Phi) is 6.13. The minimum Gasteiger partial charge on any atom is -0.508 e. The van der Waals surface area contributed by atoms with E-state index in [2.05, 4.69) is 15.6 Å². The van der Waals surface area contributed by atoms with Crippen LogP contribution < -0.4 is 10.6 Å². The fraction of sp³-hybridized carbons (Fsp3) is 0.316. The molecule has 1 fully saturated rings. The van der Waals surface area contributed by atoms with Gasteiger partial charge in [0, 0.05) is 29.1 Å². The molecule has 9 heteroatoms. The number of hydrogen-bond acceptors (Lipinski definition) is 6. The number of ether oxygens (including phenoxy) is 1. The van der Waals surface area contributed by atoms with Crippen molar-refractivity contribution in [1.29, 1.82) is 0 Å². The van der Waals surface area contributed by atoms with E-state index < -0.39 is 11.4 Å². The van der Waals surface area contributed by atoms with Crippen molar-refractivity contribution in [1.82, 2.24) is 10.3 Å². The van der Waals surface area contributed by atoms with Crippen molar-refractivity contribution >= 4 is 29.1 Å². The Balaban J connectivity index is 1.66. The third-order valence-corrected chi connectivity index (χ3v) is 4.69. The number of phenols is 1. The quantitative estimate of drug-likeness (QED) is 0.578. The highest BCUT2D eigenvalue weighted by atomic mass is 35.5. The van der Waals surface area contributed by atoms with Gasteiger partial charge in [0.1, 0.15) is 11.4 Å². The van der Waals surface area contributed by atoms with E-state index in [0.29, 0.717) is 29.3 Å². The van der Waals surface area contributed by atoms with Crippen LogP contribution in [0, 0.1) is 0 Å². The molecule has 0 spiro atoms. The molecule has 1 aliphatic rings.